The Kier molecular flexibility index (Phi) is 4.52. The fraction of sp³-hybridized carbons (Fsp3) is 0.333. The van der Waals surface area contributed by atoms with Gasteiger partial charge in [0, 0.05) is 11.9 Å². The Hall–Kier alpha value is -1.55. The zero-order valence-corrected chi connectivity index (χ0v) is 10.7. The van der Waals surface area contributed by atoms with E-state index in [0.717, 1.165) is 5.56 Å². The maximum atomic E-state index is 11.6. The van der Waals surface area contributed by atoms with E-state index in [1.807, 2.05) is 0 Å². The number of nitrogens with one attached hydrogen (secondary N) is 1. The molecule has 1 atom stereocenters. The highest BCUT2D eigenvalue weighted by molar-refractivity contribution is 6.30. The second-order valence-corrected chi connectivity index (χ2v) is 4.19. The van der Waals surface area contributed by atoms with Gasteiger partial charge in [-0.15, -0.1) is 0 Å². The predicted octanol–water partition coefficient (Wildman–Crippen LogP) is 2.08. The van der Waals surface area contributed by atoms with Crippen LogP contribution in [0.3, 0.4) is 0 Å². The van der Waals surface area contributed by atoms with Crippen molar-refractivity contribution >= 4 is 23.5 Å². The molecule has 0 spiro atoms. The van der Waals surface area contributed by atoms with Crippen LogP contribution in [0.25, 0.3) is 0 Å². The van der Waals surface area contributed by atoms with Crippen LogP contribution in [-0.4, -0.2) is 17.9 Å². The molecule has 1 N–H and O–H groups in total. The summed E-state index contributed by atoms with van der Waals surface area (Å²) in [5, 5.41) is 3.03. The summed E-state index contributed by atoms with van der Waals surface area (Å²) in [4.78, 5) is 22.4. The molecule has 0 aliphatic rings. The monoisotopic (exact) mass is 255 g/mol. The molecule has 0 bridgehead atoms. The van der Waals surface area contributed by atoms with Crippen molar-refractivity contribution in [1.82, 2.24) is 5.32 Å². The Balaban J connectivity index is 2.71. The van der Waals surface area contributed by atoms with Crippen molar-refractivity contribution in [1.29, 1.82) is 0 Å². The summed E-state index contributed by atoms with van der Waals surface area (Å²) in [6.45, 7) is 4.70. The average molecular weight is 256 g/mol. The van der Waals surface area contributed by atoms with Crippen LogP contribution in [0, 0.1) is 6.92 Å². The zero-order valence-electron chi connectivity index (χ0n) is 9.91. The topological polar surface area (TPSA) is 55.4 Å². The number of carbonyl (C=O) groups excluding carboxylic acids is 2. The normalized spacial score (nSPS) is 11.8. The van der Waals surface area contributed by atoms with Gasteiger partial charge in [-0.25, -0.2) is 4.79 Å². The summed E-state index contributed by atoms with van der Waals surface area (Å²) in [6.07, 6.45) is 0. The molecule has 0 fully saturated rings. The first-order valence-electron chi connectivity index (χ1n) is 5.15. The van der Waals surface area contributed by atoms with Crippen molar-refractivity contribution < 1.29 is 14.3 Å². The third kappa shape index (κ3) is 4.07. The van der Waals surface area contributed by atoms with Crippen LogP contribution in [0.4, 0.5) is 0 Å². The number of aryl methyl sites for hydroxylation is 1. The molecule has 0 saturated heterocycles. The molecule has 0 aromatic heterocycles. The van der Waals surface area contributed by atoms with Gasteiger partial charge in [-0.3, -0.25) is 4.79 Å². The molecule has 5 heteroatoms. The number of ether oxygens (including phenoxy) is 1. The minimum atomic E-state index is -0.678. The van der Waals surface area contributed by atoms with Crippen LogP contribution < -0.4 is 10.1 Å². The van der Waals surface area contributed by atoms with E-state index in [2.05, 4.69) is 5.32 Å². The van der Waals surface area contributed by atoms with Gasteiger partial charge in [-0.2, -0.15) is 0 Å². The molecule has 0 aliphatic heterocycles. The standard InChI is InChI=1S/C12H14ClNO3/c1-7-6-10(13)4-5-11(7)17-12(16)8(2)14-9(3)15/h4-6,8H,1-3H3,(H,14,15). The van der Waals surface area contributed by atoms with E-state index in [1.54, 1.807) is 32.0 Å². The lowest BCUT2D eigenvalue weighted by Gasteiger charge is -2.13. The second-order valence-electron chi connectivity index (χ2n) is 3.75. The van der Waals surface area contributed by atoms with Crippen LogP contribution in [0.15, 0.2) is 18.2 Å². The van der Waals surface area contributed by atoms with E-state index in [9.17, 15) is 9.59 Å². The molecule has 1 amide bonds. The van der Waals surface area contributed by atoms with E-state index < -0.39 is 12.0 Å². The van der Waals surface area contributed by atoms with Gasteiger partial charge in [-0.1, -0.05) is 11.6 Å². The lowest BCUT2D eigenvalue weighted by atomic mass is 10.2. The first kappa shape index (κ1) is 13.5. The SMILES string of the molecule is CC(=O)NC(C)C(=O)Oc1ccc(Cl)cc1C. The number of hydrogen-bond acceptors (Lipinski definition) is 3. The van der Waals surface area contributed by atoms with Crippen molar-refractivity contribution in [2.75, 3.05) is 0 Å². The molecule has 1 aromatic rings. The second kappa shape index (κ2) is 5.68. The van der Waals surface area contributed by atoms with Gasteiger partial charge in [0.25, 0.3) is 0 Å². The molecular weight excluding hydrogens is 242 g/mol. The molecule has 92 valence electrons. The highest BCUT2D eigenvalue weighted by Crippen LogP contribution is 2.22. The molecule has 17 heavy (non-hydrogen) atoms. The number of amides is 1. The first-order chi connectivity index (χ1) is 7.90. The fourth-order valence-corrected chi connectivity index (χ4v) is 1.51. The lowest BCUT2D eigenvalue weighted by Crippen LogP contribution is -2.39. The summed E-state index contributed by atoms with van der Waals surface area (Å²) < 4.78 is 5.15. The summed E-state index contributed by atoms with van der Waals surface area (Å²) in [5.41, 5.74) is 0.765. The molecule has 1 aromatic carbocycles. The molecular formula is C12H14ClNO3. The Morgan fingerprint density at radius 1 is 1.41 bits per heavy atom. The number of hydrogen-bond donors (Lipinski definition) is 1. The molecule has 0 radical (unpaired) electrons. The van der Waals surface area contributed by atoms with Crippen LogP contribution in [0.1, 0.15) is 19.4 Å². The third-order valence-corrected chi connectivity index (χ3v) is 2.36. The molecule has 1 rings (SSSR count). The van der Waals surface area contributed by atoms with Gasteiger partial charge in [0.1, 0.15) is 11.8 Å². The minimum absolute atomic E-state index is 0.276. The van der Waals surface area contributed by atoms with Gasteiger partial charge >= 0.3 is 5.97 Å². The predicted molar refractivity (Wildman–Crippen MR) is 65.1 cm³/mol. The van der Waals surface area contributed by atoms with Crippen LogP contribution in [0.5, 0.6) is 5.75 Å². The van der Waals surface area contributed by atoms with E-state index in [1.165, 1.54) is 6.92 Å². The van der Waals surface area contributed by atoms with Gasteiger partial charge in [-0.05, 0) is 37.6 Å². The maximum Gasteiger partial charge on any atom is 0.333 e. The smallest absolute Gasteiger partial charge is 0.333 e. The highest BCUT2D eigenvalue weighted by atomic mass is 35.5. The zero-order chi connectivity index (χ0) is 13.0. The average Bonchev–Trinajstić information content (AvgIpc) is 2.21. The summed E-state index contributed by atoms with van der Waals surface area (Å²) in [6, 6.07) is 4.28. The van der Waals surface area contributed by atoms with Gasteiger partial charge in [0.15, 0.2) is 0 Å². The lowest BCUT2D eigenvalue weighted by molar-refractivity contribution is -0.138. The number of halogens is 1. The van der Waals surface area contributed by atoms with E-state index in [0.29, 0.717) is 10.8 Å². The molecule has 0 aliphatic carbocycles. The van der Waals surface area contributed by atoms with Crippen LogP contribution >= 0.6 is 11.6 Å². The number of esters is 1. The Morgan fingerprint density at radius 2 is 2.06 bits per heavy atom. The van der Waals surface area contributed by atoms with Crippen LogP contribution in [-0.2, 0) is 9.59 Å². The van der Waals surface area contributed by atoms with Gasteiger partial charge < -0.3 is 10.1 Å². The first-order valence-corrected chi connectivity index (χ1v) is 5.53. The number of benzene rings is 1. The van der Waals surface area contributed by atoms with Crippen molar-refractivity contribution in [2.45, 2.75) is 26.8 Å². The number of rotatable bonds is 3. The number of carbonyl (C=O) groups is 2. The Morgan fingerprint density at radius 3 is 2.59 bits per heavy atom. The van der Waals surface area contributed by atoms with Crippen molar-refractivity contribution in [3.63, 3.8) is 0 Å². The molecule has 0 saturated carbocycles. The molecule has 1 unspecified atom stereocenters. The molecule has 4 nitrogen and oxygen atoms in total. The maximum absolute atomic E-state index is 11.6. The van der Waals surface area contributed by atoms with Gasteiger partial charge in [0.2, 0.25) is 5.91 Å². The van der Waals surface area contributed by atoms with E-state index in [4.69, 9.17) is 16.3 Å². The highest BCUT2D eigenvalue weighted by Gasteiger charge is 2.16. The van der Waals surface area contributed by atoms with Crippen molar-refractivity contribution in [3.8, 4) is 5.75 Å². The fourth-order valence-electron chi connectivity index (χ4n) is 1.29. The Bertz CT molecular complexity index is 445. The van der Waals surface area contributed by atoms with Crippen LogP contribution in [0.2, 0.25) is 5.02 Å². The Labute approximate surface area is 105 Å². The van der Waals surface area contributed by atoms with Gasteiger partial charge in [0.05, 0.1) is 0 Å². The van der Waals surface area contributed by atoms with Crippen molar-refractivity contribution in [3.05, 3.63) is 28.8 Å². The third-order valence-electron chi connectivity index (χ3n) is 2.12. The summed E-state index contributed by atoms with van der Waals surface area (Å²) in [7, 11) is 0. The van der Waals surface area contributed by atoms with Crippen molar-refractivity contribution in [2.24, 2.45) is 0 Å². The van der Waals surface area contributed by atoms with E-state index >= 15 is 0 Å². The quantitative estimate of drug-likeness (QED) is 0.665. The summed E-state index contributed by atoms with van der Waals surface area (Å²) >= 11 is 5.79. The van der Waals surface area contributed by atoms with E-state index in [-0.39, 0.29) is 5.91 Å². The minimum Gasteiger partial charge on any atom is -0.425 e. The largest absolute Gasteiger partial charge is 0.425 e. The summed E-state index contributed by atoms with van der Waals surface area (Å²) in [5.74, 6) is -0.343. The molecule has 0 heterocycles.